The number of benzene rings is 2. The summed E-state index contributed by atoms with van der Waals surface area (Å²) in [5.41, 5.74) is 1.02. The number of carbonyl (C=O) groups is 1. The third-order valence-corrected chi connectivity index (χ3v) is 5.89. The van der Waals surface area contributed by atoms with Gasteiger partial charge in [0, 0.05) is 23.6 Å². The first-order valence-corrected chi connectivity index (χ1v) is 10.9. The van der Waals surface area contributed by atoms with Gasteiger partial charge in [-0.2, -0.15) is 0 Å². The molecule has 0 saturated carbocycles. The highest BCUT2D eigenvalue weighted by atomic mass is 32.2. The number of nitrogens with zero attached hydrogens (tertiary/aromatic N) is 4. The predicted molar refractivity (Wildman–Crippen MR) is 121 cm³/mol. The first kappa shape index (κ1) is 23.3. The normalized spacial score (nSPS) is 11.8. The van der Waals surface area contributed by atoms with Crippen LogP contribution in [0.5, 0.6) is 5.75 Å². The number of amides is 1. The van der Waals surface area contributed by atoms with E-state index in [2.05, 4.69) is 20.5 Å². The first-order chi connectivity index (χ1) is 16.4. The molecule has 0 bridgehead atoms. The summed E-state index contributed by atoms with van der Waals surface area (Å²) in [6.07, 6.45) is 3.25. The number of aromatic nitrogens is 4. The largest absolute Gasteiger partial charge is 0.497 e. The Kier molecular flexibility index (Phi) is 6.82. The first-order valence-electron chi connectivity index (χ1n) is 10.00. The van der Waals surface area contributed by atoms with Crippen molar-refractivity contribution in [1.29, 1.82) is 0 Å². The standard InChI is InChI=1S/C23H18F3N5O2S/c1-13(22(32)28-18-8-7-17(24)19(25)20(18)26)34-23-30-29-21(14-9-11-27-12-10-14)31(23)15-3-5-16(33-2)6-4-15/h3-13H,1-2H3,(H,28,32). The summed E-state index contributed by atoms with van der Waals surface area (Å²) < 4.78 is 47.6. The van der Waals surface area contributed by atoms with Crippen LogP contribution in [0.4, 0.5) is 18.9 Å². The molecule has 0 spiro atoms. The lowest BCUT2D eigenvalue weighted by atomic mass is 10.2. The van der Waals surface area contributed by atoms with Gasteiger partial charge >= 0.3 is 0 Å². The van der Waals surface area contributed by atoms with Crippen molar-refractivity contribution in [2.24, 2.45) is 0 Å². The molecule has 0 aliphatic heterocycles. The summed E-state index contributed by atoms with van der Waals surface area (Å²) in [6.45, 7) is 1.58. The highest BCUT2D eigenvalue weighted by molar-refractivity contribution is 8.00. The maximum Gasteiger partial charge on any atom is 0.237 e. The molecule has 1 atom stereocenters. The van der Waals surface area contributed by atoms with Gasteiger partial charge in [-0.3, -0.25) is 14.3 Å². The zero-order valence-corrected chi connectivity index (χ0v) is 18.8. The molecule has 0 aliphatic carbocycles. The van der Waals surface area contributed by atoms with Crippen LogP contribution >= 0.6 is 11.8 Å². The van der Waals surface area contributed by atoms with E-state index in [4.69, 9.17) is 4.74 Å². The predicted octanol–water partition coefficient (Wildman–Crippen LogP) is 4.87. The molecular formula is C23H18F3N5O2S. The number of hydrogen-bond donors (Lipinski definition) is 1. The Morgan fingerprint density at radius 1 is 1.00 bits per heavy atom. The van der Waals surface area contributed by atoms with Crippen LogP contribution in [-0.4, -0.2) is 38.0 Å². The van der Waals surface area contributed by atoms with E-state index >= 15 is 0 Å². The smallest absolute Gasteiger partial charge is 0.237 e. The molecule has 2 heterocycles. The fraction of sp³-hybridized carbons (Fsp3) is 0.130. The van der Waals surface area contributed by atoms with Gasteiger partial charge in [-0.15, -0.1) is 10.2 Å². The molecule has 174 valence electrons. The van der Waals surface area contributed by atoms with E-state index in [0.29, 0.717) is 16.7 Å². The van der Waals surface area contributed by atoms with Crippen molar-refractivity contribution in [2.45, 2.75) is 17.3 Å². The molecule has 4 rings (SSSR count). The van der Waals surface area contributed by atoms with Gasteiger partial charge < -0.3 is 10.1 Å². The van der Waals surface area contributed by atoms with E-state index in [1.54, 1.807) is 55.3 Å². The summed E-state index contributed by atoms with van der Waals surface area (Å²) in [6, 6.07) is 12.5. The summed E-state index contributed by atoms with van der Waals surface area (Å²) in [4.78, 5) is 16.7. The van der Waals surface area contributed by atoms with Crippen LogP contribution in [-0.2, 0) is 4.79 Å². The topological polar surface area (TPSA) is 81.9 Å². The van der Waals surface area contributed by atoms with Crippen molar-refractivity contribution in [2.75, 3.05) is 12.4 Å². The van der Waals surface area contributed by atoms with Gasteiger partial charge in [-0.05, 0) is 55.5 Å². The number of halogens is 3. The molecule has 2 aromatic carbocycles. The molecule has 0 saturated heterocycles. The van der Waals surface area contributed by atoms with Crippen LogP contribution in [0.3, 0.4) is 0 Å². The summed E-state index contributed by atoms with van der Waals surface area (Å²) in [5, 5.41) is 10.4. The number of carbonyl (C=O) groups excluding carboxylic acids is 1. The average Bonchev–Trinajstić information content (AvgIpc) is 3.28. The summed E-state index contributed by atoms with van der Waals surface area (Å²) in [7, 11) is 1.56. The van der Waals surface area contributed by atoms with Crippen molar-refractivity contribution in [3.8, 4) is 22.8 Å². The number of anilines is 1. The third-order valence-electron chi connectivity index (χ3n) is 4.85. The number of methoxy groups -OCH3 is 1. The molecule has 2 aromatic heterocycles. The van der Waals surface area contributed by atoms with Gasteiger partial charge in [0.25, 0.3) is 0 Å². The Hall–Kier alpha value is -3.86. The van der Waals surface area contributed by atoms with Crippen molar-refractivity contribution in [3.05, 3.63) is 78.4 Å². The van der Waals surface area contributed by atoms with E-state index in [0.717, 1.165) is 35.1 Å². The molecule has 0 aliphatic rings. The molecule has 34 heavy (non-hydrogen) atoms. The second-order valence-corrected chi connectivity index (χ2v) is 8.36. The maximum atomic E-state index is 14.0. The zero-order valence-electron chi connectivity index (χ0n) is 18.0. The van der Waals surface area contributed by atoms with Gasteiger partial charge in [-0.25, -0.2) is 13.2 Å². The molecule has 0 fully saturated rings. The Morgan fingerprint density at radius 3 is 2.38 bits per heavy atom. The van der Waals surface area contributed by atoms with Gasteiger partial charge in [0.1, 0.15) is 5.75 Å². The van der Waals surface area contributed by atoms with Crippen molar-refractivity contribution >= 4 is 23.4 Å². The average molecular weight is 485 g/mol. The van der Waals surface area contributed by atoms with Crippen LogP contribution in [0.15, 0.2) is 66.1 Å². The Morgan fingerprint density at radius 2 is 1.71 bits per heavy atom. The van der Waals surface area contributed by atoms with Crippen LogP contribution < -0.4 is 10.1 Å². The second-order valence-electron chi connectivity index (χ2n) is 7.05. The lowest BCUT2D eigenvalue weighted by Crippen LogP contribution is -2.23. The number of thioether (sulfide) groups is 1. The Bertz CT molecular complexity index is 1320. The van der Waals surface area contributed by atoms with Crippen molar-refractivity contribution in [1.82, 2.24) is 19.7 Å². The minimum absolute atomic E-state index is 0.394. The van der Waals surface area contributed by atoms with Crippen LogP contribution in [0.25, 0.3) is 17.1 Å². The fourth-order valence-corrected chi connectivity index (χ4v) is 3.93. The molecule has 1 N–H and O–H groups in total. The number of pyridine rings is 1. The minimum Gasteiger partial charge on any atom is -0.497 e. The van der Waals surface area contributed by atoms with Gasteiger partial charge in [-0.1, -0.05) is 11.8 Å². The summed E-state index contributed by atoms with van der Waals surface area (Å²) >= 11 is 1.07. The van der Waals surface area contributed by atoms with E-state index in [1.165, 1.54) is 0 Å². The van der Waals surface area contributed by atoms with Crippen LogP contribution in [0.1, 0.15) is 6.92 Å². The van der Waals surface area contributed by atoms with Gasteiger partial charge in [0.2, 0.25) is 5.91 Å². The quantitative estimate of drug-likeness (QED) is 0.297. The molecule has 4 aromatic rings. The number of rotatable bonds is 7. The molecule has 0 radical (unpaired) electrons. The zero-order chi connectivity index (χ0) is 24.2. The van der Waals surface area contributed by atoms with Crippen LogP contribution in [0, 0.1) is 17.5 Å². The van der Waals surface area contributed by atoms with E-state index in [9.17, 15) is 18.0 Å². The lowest BCUT2D eigenvalue weighted by Gasteiger charge is -2.15. The van der Waals surface area contributed by atoms with Crippen molar-refractivity contribution in [3.63, 3.8) is 0 Å². The monoisotopic (exact) mass is 485 g/mol. The molecule has 1 amide bonds. The number of nitrogens with one attached hydrogen (secondary N) is 1. The van der Waals surface area contributed by atoms with E-state index < -0.39 is 34.3 Å². The third kappa shape index (κ3) is 4.74. The Labute approximate surface area is 197 Å². The van der Waals surface area contributed by atoms with E-state index in [1.807, 2.05) is 12.1 Å². The van der Waals surface area contributed by atoms with E-state index in [-0.39, 0.29) is 0 Å². The minimum atomic E-state index is -1.65. The molecule has 1 unspecified atom stereocenters. The number of ether oxygens (including phenoxy) is 1. The SMILES string of the molecule is COc1ccc(-n2c(SC(C)C(=O)Nc3ccc(F)c(F)c3F)nnc2-c2ccncc2)cc1. The summed E-state index contributed by atoms with van der Waals surface area (Å²) in [5.74, 6) is -3.89. The molecule has 11 heteroatoms. The second kappa shape index (κ2) is 9.96. The molecule has 7 nitrogen and oxygen atoms in total. The number of hydrogen-bond acceptors (Lipinski definition) is 6. The lowest BCUT2D eigenvalue weighted by molar-refractivity contribution is -0.115. The highest BCUT2D eigenvalue weighted by Gasteiger charge is 2.23. The highest BCUT2D eigenvalue weighted by Crippen LogP contribution is 2.31. The van der Waals surface area contributed by atoms with Gasteiger partial charge in [0.05, 0.1) is 18.0 Å². The van der Waals surface area contributed by atoms with Crippen LogP contribution in [0.2, 0.25) is 0 Å². The molecular weight excluding hydrogens is 467 g/mol. The van der Waals surface area contributed by atoms with Crippen molar-refractivity contribution < 1.29 is 22.7 Å². The fourth-order valence-electron chi connectivity index (χ4n) is 3.07. The Balaban J connectivity index is 1.64. The maximum absolute atomic E-state index is 14.0. The van der Waals surface area contributed by atoms with Gasteiger partial charge in [0.15, 0.2) is 28.4 Å².